The zero-order valence-electron chi connectivity index (χ0n) is 14.1. The third-order valence-corrected chi connectivity index (χ3v) is 3.91. The van der Waals surface area contributed by atoms with E-state index in [1.165, 1.54) is 12.1 Å². The number of aliphatic carboxylic acids is 1. The van der Waals surface area contributed by atoms with Crippen LogP contribution in [0.5, 0.6) is 11.5 Å². The molecule has 0 aliphatic rings. The normalized spacial score (nSPS) is 11.9. The fourth-order valence-corrected chi connectivity index (χ4v) is 2.77. The number of hydrogen-bond acceptors (Lipinski definition) is 6. The Bertz CT molecular complexity index is 959. The number of benzene rings is 2. The number of anilines is 2. The monoisotopic (exact) mass is 353 g/mol. The predicted molar refractivity (Wildman–Crippen MR) is 99.4 cm³/mol. The van der Waals surface area contributed by atoms with E-state index in [4.69, 9.17) is 10.5 Å². The first kappa shape index (κ1) is 17.3. The van der Waals surface area contributed by atoms with Gasteiger partial charge in [0.1, 0.15) is 17.3 Å². The summed E-state index contributed by atoms with van der Waals surface area (Å²) in [7, 11) is 0. The number of hydrogen-bond donors (Lipinski definition) is 4. The average Bonchev–Trinajstić information content (AvgIpc) is 2.59. The summed E-state index contributed by atoms with van der Waals surface area (Å²) in [4.78, 5) is 15.8. The van der Waals surface area contributed by atoms with Crippen LogP contribution >= 0.6 is 0 Å². The third kappa shape index (κ3) is 3.61. The Balaban J connectivity index is 1.96. The van der Waals surface area contributed by atoms with Crippen molar-refractivity contribution in [2.24, 2.45) is 0 Å². The van der Waals surface area contributed by atoms with E-state index in [9.17, 15) is 15.0 Å². The number of fused-ring (bicyclic) bond motifs is 1. The molecule has 7 nitrogen and oxygen atoms in total. The number of carbonyl (C=O) groups is 1. The molecule has 3 aromatic rings. The molecule has 26 heavy (non-hydrogen) atoms. The minimum absolute atomic E-state index is 0.0589. The molecule has 0 aliphatic heterocycles. The quantitative estimate of drug-likeness (QED) is 0.537. The zero-order valence-corrected chi connectivity index (χ0v) is 14.1. The number of rotatable bonds is 6. The number of nitrogens with zero attached hydrogens (tertiary/aromatic N) is 1. The molecule has 0 saturated heterocycles. The molecule has 0 spiro atoms. The first-order chi connectivity index (χ1) is 12.5. The summed E-state index contributed by atoms with van der Waals surface area (Å²) >= 11 is 0. The number of nitrogen functional groups attached to an aromatic ring is 1. The van der Waals surface area contributed by atoms with Crippen molar-refractivity contribution in [2.75, 3.05) is 17.7 Å². The molecule has 0 bridgehead atoms. The second kappa shape index (κ2) is 7.18. The number of carboxylic acids is 1. The Morgan fingerprint density at radius 3 is 2.81 bits per heavy atom. The van der Waals surface area contributed by atoms with E-state index >= 15 is 0 Å². The van der Waals surface area contributed by atoms with E-state index in [0.717, 1.165) is 10.8 Å². The smallest absolute Gasteiger partial charge is 0.330 e. The van der Waals surface area contributed by atoms with Gasteiger partial charge in [0.25, 0.3) is 0 Å². The van der Waals surface area contributed by atoms with Gasteiger partial charge in [-0.3, -0.25) is 0 Å². The molecule has 2 aromatic carbocycles. The molecule has 0 saturated carbocycles. The van der Waals surface area contributed by atoms with Crippen molar-refractivity contribution < 1.29 is 19.7 Å². The number of aromatic nitrogens is 1. The zero-order chi connectivity index (χ0) is 18.7. The third-order valence-electron chi connectivity index (χ3n) is 3.91. The van der Waals surface area contributed by atoms with Crippen LogP contribution in [0, 0.1) is 0 Å². The predicted octanol–water partition coefficient (Wildman–Crippen LogP) is 3.16. The highest BCUT2D eigenvalue weighted by atomic mass is 16.5. The Labute approximate surface area is 150 Å². The van der Waals surface area contributed by atoms with Crippen molar-refractivity contribution in [2.45, 2.75) is 13.0 Å². The van der Waals surface area contributed by atoms with Crippen LogP contribution in [0.3, 0.4) is 0 Å². The maximum atomic E-state index is 11.8. The van der Waals surface area contributed by atoms with E-state index in [2.05, 4.69) is 10.3 Å². The Kier molecular flexibility index (Phi) is 4.79. The van der Waals surface area contributed by atoms with Gasteiger partial charge in [-0.15, -0.1) is 0 Å². The van der Waals surface area contributed by atoms with Crippen molar-refractivity contribution in [1.29, 1.82) is 0 Å². The van der Waals surface area contributed by atoms with Crippen LogP contribution in [0.2, 0.25) is 0 Å². The van der Waals surface area contributed by atoms with Crippen LogP contribution in [0.4, 0.5) is 11.5 Å². The van der Waals surface area contributed by atoms with Crippen molar-refractivity contribution in [3.63, 3.8) is 0 Å². The van der Waals surface area contributed by atoms with Crippen LogP contribution in [-0.4, -0.2) is 27.8 Å². The molecule has 1 aromatic heterocycles. The van der Waals surface area contributed by atoms with Crippen molar-refractivity contribution >= 4 is 28.2 Å². The van der Waals surface area contributed by atoms with Crippen LogP contribution in [0.25, 0.3) is 10.8 Å². The standard InChI is InChI=1S/C19H19N3O4/c1-2-26-15-9-12(8-14(23)10-15)17(19(24)25)22-13-3-4-16-11(7-13)5-6-21-18(16)20/h3-10,17,22-23H,2H2,1H3,(H2,20,21)(H,24,25). The van der Waals surface area contributed by atoms with Crippen LogP contribution in [0.15, 0.2) is 48.7 Å². The number of pyridine rings is 1. The van der Waals surface area contributed by atoms with Gasteiger partial charge in [-0.1, -0.05) is 0 Å². The summed E-state index contributed by atoms with van der Waals surface area (Å²) in [5.41, 5.74) is 6.83. The van der Waals surface area contributed by atoms with Crippen molar-refractivity contribution in [1.82, 2.24) is 4.98 Å². The molecule has 0 radical (unpaired) electrons. The van der Waals surface area contributed by atoms with Crippen molar-refractivity contribution in [3.05, 3.63) is 54.2 Å². The summed E-state index contributed by atoms with van der Waals surface area (Å²) in [6.07, 6.45) is 1.60. The second-order valence-electron chi connectivity index (χ2n) is 5.74. The molecule has 1 unspecified atom stereocenters. The minimum atomic E-state index is -1.08. The van der Waals surface area contributed by atoms with Gasteiger partial charge in [0.2, 0.25) is 0 Å². The topological polar surface area (TPSA) is 118 Å². The number of nitrogens with one attached hydrogen (secondary N) is 1. The van der Waals surface area contributed by atoms with E-state index in [1.54, 1.807) is 36.5 Å². The molecule has 134 valence electrons. The fraction of sp³-hybridized carbons (Fsp3) is 0.158. The summed E-state index contributed by atoms with van der Waals surface area (Å²) in [5, 5.41) is 24.1. The summed E-state index contributed by atoms with van der Waals surface area (Å²) in [6, 6.07) is 10.5. The van der Waals surface area contributed by atoms with Crippen molar-refractivity contribution in [3.8, 4) is 11.5 Å². The maximum Gasteiger partial charge on any atom is 0.330 e. The van der Waals surface area contributed by atoms with E-state index in [0.29, 0.717) is 29.4 Å². The van der Waals surface area contributed by atoms with Gasteiger partial charge in [0.15, 0.2) is 6.04 Å². The molecule has 7 heteroatoms. The fourth-order valence-electron chi connectivity index (χ4n) is 2.77. The molecular formula is C19H19N3O4. The molecule has 0 aliphatic carbocycles. The number of phenols is 1. The number of nitrogens with two attached hydrogens (primary N) is 1. The molecule has 0 amide bonds. The Morgan fingerprint density at radius 2 is 2.08 bits per heavy atom. The summed E-state index contributed by atoms with van der Waals surface area (Å²) < 4.78 is 5.38. The highest BCUT2D eigenvalue weighted by Crippen LogP contribution is 2.30. The number of phenolic OH excluding ortho intramolecular Hbond substituents is 1. The maximum absolute atomic E-state index is 11.8. The van der Waals surface area contributed by atoms with Gasteiger partial charge >= 0.3 is 5.97 Å². The van der Waals surface area contributed by atoms with Gasteiger partial charge in [0.05, 0.1) is 6.61 Å². The minimum Gasteiger partial charge on any atom is -0.508 e. The molecular weight excluding hydrogens is 334 g/mol. The summed E-state index contributed by atoms with van der Waals surface area (Å²) in [5.74, 6) is -0.310. The van der Waals surface area contributed by atoms with E-state index < -0.39 is 12.0 Å². The highest BCUT2D eigenvalue weighted by Gasteiger charge is 2.21. The number of aromatic hydroxyl groups is 1. The van der Waals surface area contributed by atoms with Gasteiger partial charge in [-0.05, 0) is 54.3 Å². The second-order valence-corrected chi connectivity index (χ2v) is 5.74. The van der Waals surface area contributed by atoms with Gasteiger partial charge in [-0.25, -0.2) is 9.78 Å². The first-order valence-electron chi connectivity index (χ1n) is 8.08. The van der Waals surface area contributed by atoms with Gasteiger partial charge < -0.3 is 26.0 Å². The average molecular weight is 353 g/mol. The lowest BCUT2D eigenvalue weighted by Crippen LogP contribution is -2.20. The largest absolute Gasteiger partial charge is 0.508 e. The van der Waals surface area contributed by atoms with Gasteiger partial charge in [0, 0.05) is 23.3 Å². The molecule has 0 fully saturated rings. The molecule has 1 atom stereocenters. The Hall–Kier alpha value is -3.48. The lowest BCUT2D eigenvalue weighted by molar-refractivity contribution is -0.138. The van der Waals surface area contributed by atoms with Crippen LogP contribution < -0.4 is 15.8 Å². The van der Waals surface area contributed by atoms with Crippen LogP contribution in [-0.2, 0) is 4.79 Å². The SMILES string of the molecule is CCOc1cc(O)cc(C(Nc2ccc3c(N)nccc3c2)C(=O)O)c1. The lowest BCUT2D eigenvalue weighted by atomic mass is 10.0. The number of ether oxygens (including phenoxy) is 1. The van der Waals surface area contributed by atoms with E-state index in [-0.39, 0.29) is 5.75 Å². The Morgan fingerprint density at radius 1 is 1.27 bits per heavy atom. The van der Waals surface area contributed by atoms with Crippen LogP contribution in [0.1, 0.15) is 18.5 Å². The number of carboxylic acid groups (broad SMARTS) is 1. The molecule has 3 rings (SSSR count). The lowest BCUT2D eigenvalue weighted by Gasteiger charge is -2.18. The highest BCUT2D eigenvalue weighted by molar-refractivity contribution is 5.93. The summed E-state index contributed by atoms with van der Waals surface area (Å²) in [6.45, 7) is 2.22. The molecule has 5 N–H and O–H groups in total. The molecule has 1 heterocycles. The van der Waals surface area contributed by atoms with Gasteiger partial charge in [-0.2, -0.15) is 0 Å². The first-order valence-corrected chi connectivity index (χ1v) is 8.08. The van der Waals surface area contributed by atoms with E-state index in [1.807, 2.05) is 6.92 Å².